The summed E-state index contributed by atoms with van der Waals surface area (Å²) in [5, 5.41) is 6.58. The molecule has 2 N–H and O–H groups in total. The van der Waals surface area contributed by atoms with E-state index in [0.29, 0.717) is 23.7 Å². The first kappa shape index (κ1) is 20.4. The van der Waals surface area contributed by atoms with Gasteiger partial charge >= 0.3 is 12.0 Å². The van der Waals surface area contributed by atoms with E-state index in [2.05, 4.69) is 17.6 Å². The smallest absolute Gasteiger partial charge is 0.341 e. The Hall–Kier alpha value is -1.86. The van der Waals surface area contributed by atoms with Crippen LogP contribution >= 0.6 is 22.7 Å². The van der Waals surface area contributed by atoms with Crippen molar-refractivity contribution in [3.05, 3.63) is 36.9 Å². The third-order valence-electron chi connectivity index (χ3n) is 5.79. The molecule has 2 heterocycles. The van der Waals surface area contributed by atoms with Crippen LogP contribution in [0.5, 0.6) is 0 Å². The lowest BCUT2D eigenvalue weighted by molar-refractivity contribution is 0.0526. The van der Waals surface area contributed by atoms with Gasteiger partial charge in [0.05, 0.1) is 12.2 Å². The number of urea groups is 1. The molecule has 2 aliphatic carbocycles. The van der Waals surface area contributed by atoms with E-state index in [1.807, 2.05) is 11.3 Å². The number of fused-ring (bicyclic) bond motifs is 2. The molecule has 0 radical (unpaired) electrons. The van der Waals surface area contributed by atoms with E-state index >= 15 is 0 Å². The van der Waals surface area contributed by atoms with E-state index in [1.165, 1.54) is 49.9 Å². The first-order valence-corrected chi connectivity index (χ1v) is 12.2. The summed E-state index contributed by atoms with van der Waals surface area (Å²) in [6.07, 6.45) is 8.82. The maximum absolute atomic E-state index is 12.7. The van der Waals surface area contributed by atoms with Crippen LogP contribution in [0, 0.1) is 6.92 Å². The topological polar surface area (TPSA) is 67.4 Å². The number of carbonyl (C=O) groups excluding carboxylic acids is 2. The quantitative estimate of drug-likeness (QED) is 0.624. The molecule has 0 unspecified atom stereocenters. The molecule has 29 heavy (non-hydrogen) atoms. The highest BCUT2D eigenvalue weighted by molar-refractivity contribution is 7.17. The molecule has 0 bridgehead atoms. The molecule has 0 spiro atoms. The minimum atomic E-state index is -0.329. The number of ether oxygens (including phenoxy) is 1. The zero-order valence-electron chi connectivity index (χ0n) is 17.1. The van der Waals surface area contributed by atoms with Crippen LogP contribution in [0.25, 0.3) is 0 Å². The van der Waals surface area contributed by atoms with Crippen LogP contribution in [0.3, 0.4) is 0 Å². The SMILES string of the molecule is CCOC(=O)c1c(NC(=O)NCc2c(C)sc3c2CCCC3)sc2c1CCCC2. The number of carbonyl (C=O) groups is 2. The van der Waals surface area contributed by atoms with Crippen LogP contribution in [-0.4, -0.2) is 18.6 Å². The molecule has 0 saturated heterocycles. The first-order chi connectivity index (χ1) is 14.1. The molecule has 2 aromatic rings. The van der Waals surface area contributed by atoms with Crippen molar-refractivity contribution in [3.63, 3.8) is 0 Å². The molecule has 0 aromatic carbocycles. The summed E-state index contributed by atoms with van der Waals surface area (Å²) in [4.78, 5) is 29.2. The van der Waals surface area contributed by atoms with Crippen LogP contribution in [0.4, 0.5) is 9.80 Å². The summed E-state index contributed by atoms with van der Waals surface area (Å²) in [7, 11) is 0. The minimum absolute atomic E-state index is 0.260. The van der Waals surface area contributed by atoms with Gasteiger partial charge in [0.15, 0.2) is 0 Å². The number of amides is 2. The Morgan fingerprint density at radius 2 is 1.62 bits per heavy atom. The van der Waals surface area contributed by atoms with Gasteiger partial charge in [-0.25, -0.2) is 9.59 Å². The Labute approximate surface area is 179 Å². The molecule has 156 valence electrons. The highest BCUT2D eigenvalue weighted by Crippen LogP contribution is 2.39. The Balaban J connectivity index is 1.48. The van der Waals surface area contributed by atoms with E-state index in [0.717, 1.165) is 44.1 Å². The largest absolute Gasteiger partial charge is 0.462 e. The van der Waals surface area contributed by atoms with Crippen LogP contribution in [-0.2, 0) is 37.0 Å². The lowest BCUT2D eigenvalue weighted by Crippen LogP contribution is -2.29. The fraction of sp³-hybridized carbons (Fsp3) is 0.545. The van der Waals surface area contributed by atoms with E-state index in [1.54, 1.807) is 6.92 Å². The normalized spacial score (nSPS) is 15.4. The van der Waals surface area contributed by atoms with Gasteiger partial charge in [0, 0.05) is 21.2 Å². The van der Waals surface area contributed by atoms with Crippen molar-refractivity contribution < 1.29 is 14.3 Å². The van der Waals surface area contributed by atoms with Gasteiger partial charge in [0.1, 0.15) is 5.00 Å². The predicted molar refractivity (Wildman–Crippen MR) is 118 cm³/mol. The van der Waals surface area contributed by atoms with E-state index in [9.17, 15) is 9.59 Å². The standard InChI is InChI=1S/C22H28N2O3S2/c1-3-27-21(25)19-15-9-5-7-11-18(15)29-20(19)24-22(26)23-12-16-13(2)28-17-10-6-4-8-14(16)17/h3-12H2,1-2H3,(H2,23,24,26). The zero-order valence-corrected chi connectivity index (χ0v) is 18.7. The van der Waals surface area contributed by atoms with Crippen molar-refractivity contribution in [2.75, 3.05) is 11.9 Å². The molecule has 7 heteroatoms. The summed E-state index contributed by atoms with van der Waals surface area (Å²) in [5.74, 6) is -0.329. The van der Waals surface area contributed by atoms with Crippen molar-refractivity contribution in [1.82, 2.24) is 5.32 Å². The monoisotopic (exact) mass is 432 g/mol. The fourth-order valence-electron chi connectivity index (χ4n) is 4.39. The highest BCUT2D eigenvalue weighted by atomic mass is 32.1. The van der Waals surface area contributed by atoms with Crippen LogP contribution < -0.4 is 10.6 Å². The maximum atomic E-state index is 12.7. The van der Waals surface area contributed by atoms with Crippen molar-refractivity contribution >= 4 is 39.7 Å². The van der Waals surface area contributed by atoms with Crippen molar-refractivity contribution in [3.8, 4) is 0 Å². The summed E-state index contributed by atoms with van der Waals surface area (Å²) >= 11 is 3.39. The number of thiophene rings is 2. The average Bonchev–Trinajstić information content (AvgIpc) is 3.22. The number of nitrogens with one attached hydrogen (secondary N) is 2. The second kappa shape index (κ2) is 8.88. The van der Waals surface area contributed by atoms with E-state index in [-0.39, 0.29) is 12.0 Å². The van der Waals surface area contributed by atoms with Gasteiger partial charge in [0.2, 0.25) is 0 Å². The number of aryl methyl sites for hydroxylation is 3. The highest BCUT2D eigenvalue weighted by Gasteiger charge is 2.27. The van der Waals surface area contributed by atoms with E-state index < -0.39 is 0 Å². The maximum Gasteiger partial charge on any atom is 0.341 e. The molecule has 2 aliphatic rings. The molecular formula is C22H28N2O3S2. The number of hydrogen-bond donors (Lipinski definition) is 2. The Kier molecular flexibility index (Phi) is 6.25. The third-order valence-corrected chi connectivity index (χ3v) is 8.24. The summed E-state index contributed by atoms with van der Waals surface area (Å²) in [6.45, 7) is 4.81. The minimum Gasteiger partial charge on any atom is -0.462 e. The van der Waals surface area contributed by atoms with Gasteiger partial charge < -0.3 is 10.1 Å². The first-order valence-electron chi connectivity index (χ1n) is 10.5. The van der Waals surface area contributed by atoms with Gasteiger partial charge in [-0.15, -0.1) is 22.7 Å². The molecule has 2 amide bonds. The second-order valence-electron chi connectivity index (χ2n) is 7.69. The molecule has 5 nitrogen and oxygen atoms in total. The molecule has 0 saturated carbocycles. The third kappa shape index (κ3) is 4.21. The van der Waals surface area contributed by atoms with Gasteiger partial charge in [0.25, 0.3) is 0 Å². The molecule has 2 aromatic heterocycles. The second-order valence-corrected chi connectivity index (χ2v) is 10.1. The molecular weight excluding hydrogens is 404 g/mol. The summed E-state index contributed by atoms with van der Waals surface area (Å²) < 4.78 is 5.27. The van der Waals surface area contributed by atoms with Crippen LogP contribution in [0.1, 0.15) is 74.3 Å². The summed E-state index contributed by atoms with van der Waals surface area (Å²) in [6, 6.07) is -0.260. The molecule has 4 rings (SSSR count). The number of hydrogen-bond acceptors (Lipinski definition) is 5. The number of esters is 1. The fourth-order valence-corrected chi connectivity index (χ4v) is 6.94. The van der Waals surface area contributed by atoms with Gasteiger partial charge in [-0.05, 0) is 81.9 Å². The van der Waals surface area contributed by atoms with Crippen molar-refractivity contribution in [1.29, 1.82) is 0 Å². The number of rotatable bonds is 5. The Morgan fingerprint density at radius 1 is 0.966 bits per heavy atom. The molecule has 0 fully saturated rings. The average molecular weight is 433 g/mol. The molecule has 0 aliphatic heterocycles. The lowest BCUT2D eigenvalue weighted by atomic mass is 9.95. The van der Waals surface area contributed by atoms with Crippen molar-refractivity contribution in [2.45, 2.75) is 71.8 Å². The van der Waals surface area contributed by atoms with Crippen LogP contribution in [0.2, 0.25) is 0 Å². The van der Waals surface area contributed by atoms with E-state index in [4.69, 9.17) is 4.74 Å². The van der Waals surface area contributed by atoms with Gasteiger partial charge in [-0.3, -0.25) is 5.32 Å². The van der Waals surface area contributed by atoms with Gasteiger partial charge in [-0.1, -0.05) is 0 Å². The number of anilines is 1. The van der Waals surface area contributed by atoms with Crippen molar-refractivity contribution in [2.24, 2.45) is 0 Å². The summed E-state index contributed by atoms with van der Waals surface area (Å²) in [5.41, 5.74) is 4.34. The Bertz CT molecular complexity index is 929. The zero-order chi connectivity index (χ0) is 20.4. The lowest BCUT2D eigenvalue weighted by Gasteiger charge is -2.14. The Morgan fingerprint density at radius 3 is 2.34 bits per heavy atom. The predicted octanol–water partition coefficient (Wildman–Crippen LogP) is 5.37. The van der Waals surface area contributed by atoms with Gasteiger partial charge in [-0.2, -0.15) is 0 Å². The molecule has 0 atom stereocenters. The van der Waals surface area contributed by atoms with Crippen LogP contribution in [0.15, 0.2) is 0 Å².